The fraction of sp³-hybridized carbons (Fsp3) is 0.333. The number of hydrogen-bond donors (Lipinski definition) is 1. The molecule has 0 spiro atoms. The molecule has 2 aromatic carbocycles. The SMILES string of the molecule is COc1ccccc1C(Oc1ccccc1)C1CNCCO1. The zero-order chi connectivity index (χ0) is 15.2. The summed E-state index contributed by atoms with van der Waals surface area (Å²) in [7, 11) is 1.68. The fourth-order valence-corrected chi connectivity index (χ4v) is 2.67. The normalized spacial score (nSPS) is 19.4. The maximum atomic E-state index is 6.24. The Morgan fingerprint density at radius 3 is 2.59 bits per heavy atom. The zero-order valence-electron chi connectivity index (χ0n) is 12.7. The monoisotopic (exact) mass is 299 g/mol. The number of methoxy groups -OCH3 is 1. The zero-order valence-corrected chi connectivity index (χ0v) is 12.7. The van der Waals surface area contributed by atoms with Crippen LogP contribution in [0.3, 0.4) is 0 Å². The Hall–Kier alpha value is -2.04. The summed E-state index contributed by atoms with van der Waals surface area (Å²) in [6, 6.07) is 17.8. The molecule has 116 valence electrons. The molecule has 1 heterocycles. The molecule has 2 atom stereocenters. The lowest BCUT2D eigenvalue weighted by Crippen LogP contribution is -2.43. The van der Waals surface area contributed by atoms with E-state index in [2.05, 4.69) is 5.32 Å². The summed E-state index contributed by atoms with van der Waals surface area (Å²) in [5.41, 5.74) is 1.00. The van der Waals surface area contributed by atoms with Gasteiger partial charge in [0.15, 0.2) is 6.10 Å². The van der Waals surface area contributed by atoms with E-state index in [1.165, 1.54) is 0 Å². The van der Waals surface area contributed by atoms with Crippen molar-refractivity contribution in [2.24, 2.45) is 0 Å². The van der Waals surface area contributed by atoms with Crippen molar-refractivity contribution in [3.63, 3.8) is 0 Å². The molecule has 0 radical (unpaired) electrons. The molecule has 1 aliphatic rings. The van der Waals surface area contributed by atoms with E-state index in [0.29, 0.717) is 6.61 Å². The molecule has 4 nitrogen and oxygen atoms in total. The van der Waals surface area contributed by atoms with Crippen LogP contribution in [0.4, 0.5) is 0 Å². The van der Waals surface area contributed by atoms with Crippen LogP contribution in [0.2, 0.25) is 0 Å². The molecule has 4 heteroatoms. The first-order valence-corrected chi connectivity index (χ1v) is 7.55. The number of morpholine rings is 1. The highest BCUT2D eigenvalue weighted by molar-refractivity contribution is 5.37. The van der Waals surface area contributed by atoms with Gasteiger partial charge in [-0.15, -0.1) is 0 Å². The van der Waals surface area contributed by atoms with Gasteiger partial charge >= 0.3 is 0 Å². The van der Waals surface area contributed by atoms with Gasteiger partial charge < -0.3 is 19.5 Å². The molecule has 22 heavy (non-hydrogen) atoms. The minimum absolute atomic E-state index is 0.0507. The molecule has 1 saturated heterocycles. The summed E-state index contributed by atoms with van der Waals surface area (Å²) in [4.78, 5) is 0. The van der Waals surface area contributed by atoms with Gasteiger partial charge in [-0.2, -0.15) is 0 Å². The van der Waals surface area contributed by atoms with Gasteiger partial charge in [0.05, 0.1) is 13.7 Å². The number of para-hydroxylation sites is 2. The van der Waals surface area contributed by atoms with Crippen molar-refractivity contribution in [3.8, 4) is 11.5 Å². The van der Waals surface area contributed by atoms with Crippen LogP contribution in [0.5, 0.6) is 11.5 Å². The second kappa shape index (κ2) is 7.29. The third-order valence-electron chi connectivity index (χ3n) is 3.75. The van der Waals surface area contributed by atoms with Gasteiger partial charge in [0.1, 0.15) is 17.6 Å². The maximum Gasteiger partial charge on any atom is 0.155 e. The minimum Gasteiger partial charge on any atom is -0.496 e. The quantitative estimate of drug-likeness (QED) is 0.921. The largest absolute Gasteiger partial charge is 0.496 e. The molecule has 0 aromatic heterocycles. The van der Waals surface area contributed by atoms with E-state index in [9.17, 15) is 0 Å². The van der Waals surface area contributed by atoms with Crippen molar-refractivity contribution >= 4 is 0 Å². The highest BCUT2D eigenvalue weighted by Crippen LogP contribution is 2.32. The second-order valence-electron chi connectivity index (χ2n) is 5.21. The predicted molar refractivity (Wildman–Crippen MR) is 85.4 cm³/mol. The Morgan fingerprint density at radius 1 is 1.09 bits per heavy atom. The Labute approximate surface area is 131 Å². The van der Waals surface area contributed by atoms with Crippen LogP contribution >= 0.6 is 0 Å². The van der Waals surface area contributed by atoms with Crippen LogP contribution in [-0.4, -0.2) is 32.9 Å². The summed E-state index contributed by atoms with van der Waals surface area (Å²) in [6.45, 7) is 2.32. The van der Waals surface area contributed by atoms with Gasteiger partial charge in [-0.25, -0.2) is 0 Å². The Kier molecular flexibility index (Phi) is 4.93. The van der Waals surface area contributed by atoms with E-state index in [4.69, 9.17) is 14.2 Å². The highest BCUT2D eigenvalue weighted by atomic mass is 16.5. The Bertz CT molecular complexity index is 582. The number of hydrogen-bond acceptors (Lipinski definition) is 4. The molecule has 1 N–H and O–H groups in total. The molecular weight excluding hydrogens is 278 g/mol. The summed E-state index contributed by atoms with van der Waals surface area (Å²) >= 11 is 0. The second-order valence-corrected chi connectivity index (χ2v) is 5.21. The molecule has 1 fully saturated rings. The van der Waals surface area contributed by atoms with E-state index in [1.54, 1.807) is 7.11 Å². The minimum atomic E-state index is -0.216. The molecular formula is C18H21NO3. The van der Waals surface area contributed by atoms with Crippen LogP contribution in [0, 0.1) is 0 Å². The van der Waals surface area contributed by atoms with E-state index >= 15 is 0 Å². The molecule has 1 aliphatic heterocycles. The average Bonchev–Trinajstić information content (AvgIpc) is 2.61. The van der Waals surface area contributed by atoms with Crippen LogP contribution in [0.1, 0.15) is 11.7 Å². The third-order valence-corrected chi connectivity index (χ3v) is 3.75. The van der Waals surface area contributed by atoms with Gasteiger partial charge in [0.2, 0.25) is 0 Å². The van der Waals surface area contributed by atoms with Crippen molar-refractivity contribution < 1.29 is 14.2 Å². The maximum absolute atomic E-state index is 6.24. The van der Waals surface area contributed by atoms with Crippen LogP contribution in [0.15, 0.2) is 54.6 Å². The van der Waals surface area contributed by atoms with Crippen molar-refractivity contribution in [2.45, 2.75) is 12.2 Å². The van der Waals surface area contributed by atoms with Crippen LogP contribution < -0.4 is 14.8 Å². The van der Waals surface area contributed by atoms with Crippen molar-refractivity contribution in [1.29, 1.82) is 0 Å². The Balaban J connectivity index is 1.91. The number of rotatable bonds is 5. The number of ether oxygens (including phenoxy) is 3. The molecule has 3 rings (SSSR count). The molecule has 2 unspecified atom stereocenters. The Morgan fingerprint density at radius 2 is 1.86 bits per heavy atom. The summed E-state index contributed by atoms with van der Waals surface area (Å²) in [5.74, 6) is 1.64. The van der Waals surface area contributed by atoms with Gasteiger partial charge in [0.25, 0.3) is 0 Å². The number of benzene rings is 2. The molecule has 0 bridgehead atoms. The lowest BCUT2D eigenvalue weighted by atomic mass is 10.0. The number of nitrogens with one attached hydrogen (secondary N) is 1. The van der Waals surface area contributed by atoms with Gasteiger partial charge in [-0.3, -0.25) is 0 Å². The first kappa shape index (κ1) is 14.9. The third kappa shape index (κ3) is 3.40. The van der Waals surface area contributed by atoms with E-state index in [1.807, 2.05) is 54.6 Å². The van der Waals surface area contributed by atoms with Crippen molar-refractivity contribution in [3.05, 3.63) is 60.2 Å². The van der Waals surface area contributed by atoms with Gasteiger partial charge in [-0.05, 0) is 18.2 Å². The predicted octanol–water partition coefficient (Wildman–Crippen LogP) is 2.80. The van der Waals surface area contributed by atoms with Crippen LogP contribution in [0.25, 0.3) is 0 Å². The highest BCUT2D eigenvalue weighted by Gasteiger charge is 2.30. The van der Waals surface area contributed by atoms with E-state index in [0.717, 1.165) is 30.2 Å². The molecule has 0 aliphatic carbocycles. The lowest BCUT2D eigenvalue weighted by Gasteiger charge is -2.32. The standard InChI is InChI=1S/C18H21NO3/c1-20-16-10-6-5-9-15(16)18(17-13-19-11-12-21-17)22-14-7-3-2-4-8-14/h2-10,17-19H,11-13H2,1H3. The van der Waals surface area contributed by atoms with Crippen LogP contribution in [-0.2, 0) is 4.74 Å². The fourth-order valence-electron chi connectivity index (χ4n) is 2.67. The first-order valence-electron chi connectivity index (χ1n) is 7.55. The van der Waals surface area contributed by atoms with E-state index < -0.39 is 0 Å². The first-order chi connectivity index (χ1) is 10.9. The topological polar surface area (TPSA) is 39.7 Å². The van der Waals surface area contributed by atoms with Crippen molar-refractivity contribution in [1.82, 2.24) is 5.32 Å². The molecule has 2 aromatic rings. The summed E-state index contributed by atoms with van der Waals surface area (Å²) in [5, 5.41) is 3.36. The summed E-state index contributed by atoms with van der Waals surface area (Å²) < 4.78 is 17.7. The molecule has 0 saturated carbocycles. The van der Waals surface area contributed by atoms with E-state index in [-0.39, 0.29) is 12.2 Å². The lowest BCUT2D eigenvalue weighted by molar-refractivity contribution is -0.0438. The van der Waals surface area contributed by atoms with Gasteiger partial charge in [0, 0.05) is 18.7 Å². The van der Waals surface area contributed by atoms with Gasteiger partial charge in [-0.1, -0.05) is 36.4 Å². The molecule has 0 amide bonds. The smallest absolute Gasteiger partial charge is 0.155 e. The summed E-state index contributed by atoms with van der Waals surface area (Å²) in [6.07, 6.45) is -0.267. The van der Waals surface area contributed by atoms with Crippen molar-refractivity contribution in [2.75, 3.05) is 26.8 Å². The average molecular weight is 299 g/mol.